The number of carbonyl (C=O) groups is 2. The van der Waals surface area contributed by atoms with Crippen LogP contribution in [0.3, 0.4) is 0 Å². The van der Waals surface area contributed by atoms with Crippen LogP contribution in [0.2, 0.25) is 0 Å². The molecule has 1 aliphatic heterocycles. The van der Waals surface area contributed by atoms with Gasteiger partial charge in [0, 0.05) is 19.5 Å². The fourth-order valence-corrected chi connectivity index (χ4v) is 2.17. The monoisotopic (exact) mass is 322 g/mol. The number of aliphatic carboxylic acids is 1. The number of urea groups is 1. The van der Waals surface area contributed by atoms with Crippen molar-refractivity contribution in [2.75, 3.05) is 18.4 Å². The number of alkyl halides is 3. The SMILES string of the molecule is CCc1noc(NC(=O)N2C[C@@H](C(F)(F)F)[C@H](C(=O)O)C2)n1. The van der Waals surface area contributed by atoms with E-state index in [1.807, 2.05) is 0 Å². The van der Waals surface area contributed by atoms with Crippen LogP contribution in [0, 0.1) is 11.8 Å². The summed E-state index contributed by atoms with van der Waals surface area (Å²) in [6, 6.07) is -1.16. The lowest BCUT2D eigenvalue weighted by Gasteiger charge is -2.18. The van der Waals surface area contributed by atoms with Gasteiger partial charge in [-0.1, -0.05) is 12.1 Å². The van der Waals surface area contributed by atoms with E-state index in [9.17, 15) is 22.8 Å². The third-order valence-electron chi connectivity index (χ3n) is 3.34. The Morgan fingerprint density at radius 1 is 1.45 bits per heavy atom. The minimum Gasteiger partial charge on any atom is -0.481 e. The smallest absolute Gasteiger partial charge is 0.394 e. The van der Waals surface area contributed by atoms with Crippen LogP contribution in [0.25, 0.3) is 0 Å². The lowest BCUT2D eigenvalue weighted by atomic mass is 9.96. The molecule has 122 valence electrons. The molecule has 2 atom stereocenters. The fraction of sp³-hybridized carbons (Fsp3) is 0.636. The maximum atomic E-state index is 12.8. The molecule has 2 amide bonds. The van der Waals surface area contributed by atoms with E-state index in [1.54, 1.807) is 6.92 Å². The predicted molar refractivity (Wildman–Crippen MR) is 64.9 cm³/mol. The molecule has 1 saturated heterocycles. The summed E-state index contributed by atoms with van der Waals surface area (Å²) in [4.78, 5) is 27.4. The molecule has 22 heavy (non-hydrogen) atoms. The summed E-state index contributed by atoms with van der Waals surface area (Å²) in [5, 5.41) is 14.5. The molecule has 2 rings (SSSR count). The van der Waals surface area contributed by atoms with Gasteiger partial charge >= 0.3 is 24.2 Å². The number of carbonyl (C=O) groups excluding carboxylic acids is 1. The van der Waals surface area contributed by atoms with Gasteiger partial charge in [0.15, 0.2) is 5.82 Å². The zero-order chi connectivity index (χ0) is 16.5. The molecular formula is C11H13F3N4O4. The lowest BCUT2D eigenvalue weighted by Crippen LogP contribution is -2.35. The summed E-state index contributed by atoms with van der Waals surface area (Å²) in [5.74, 6) is -5.07. The van der Waals surface area contributed by atoms with Crippen molar-refractivity contribution >= 4 is 18.0 Å². The van der Waals surface area contributed by atoms with Crippen molar-refractivity contribution < 1.29 is 32.4 Å². The van der Waals surface area contributed by atoms with E-state index in [0.717, 1.165) is 4.90 Å². The molecular weight excluding hydrogens is 309 g/mol. The Balaban J connectivity index is 2.06. The van der Waals surface area contributed by atoms with Crippen LogP contribution >= 0.6 is 0 Å². The van der Waals surface area contributed by atoms with Gasteiger partial charge < -0.3 is 14.5 Å². The molecule has 0 saturated carbocycles. The highest BCUT2D eigenvalue weighted by molar-refractivity contribution is 5.88. The van der Waals surface area contributed by atoms with Gasteiger partial charge in [-0.15, -0.1) is 0 Å². The highest BCUT2D eigenvalue weighted by Gasteiger charge is 2.53. The van der Waals surface area contributed by atoms with Crippen molar-refractivity contribution in [3.05, 3.63) is 5.82 Å². The zero-order valence-corrected chi connectivity index (χ0v) is 11.4. The lowest BCUT2D eigenvalue weighted by molar-refractivity contribution is -0.187. The van der Waals surface area contributed by atoms with E-state index < -0.39 is 43.1 Å². The third kappa shape index (κ3) is 3.28. The van der Waals surface area contributed by atoms with E-state index in [2.05, 4.69) is 15.5 Å². The number of nitrogens with one attached hydrogen (secondary N) is 1. The van der Waals surface area contributed by atoms with Crippen LogP contribution in [-0.4, -0.2) is 51.4 Å². The molecule has 0 aromatic carbocycles. The molecule has 2 N–H and O–H groups in total. The standard InChI is InChI=1S/C11H13F3N4O4/c1-2-7-15-9(22-17-7)16-10(21)18-3-5(8(19)20)6(4-18)11(12,13)14/h5-6H,2-4H2,1H3,(H,19,20)(H,15,16,17,21)/t5-,6-/m1/s1. The molecule has 0 spiro atoms. The number of hydrogen-bond donors (Lipinski definition) is 2. The van der Waals surface area contributed by atoms with E-state index >= 15 is 0 Å². The van der Waals surface area contributed by atoms with Gasteiger partial charge in [0.1, 0.15) is 0 Å². The number of amides is 2. The second kappa shape index (κ2) is 5.81. The molecule has 0 radical (unpaired) electrons. The van der Waals surface area contributed by atoms with E-state index in [1.165, 1.54) is 0 Å². The summed E-state index contributed by atoms with van der Waals surface area (Å²) in [5.41, 5.74) is 0. The van der Waals surface area contributed by atoms with Crippen LogP contribution < -0.4 is 5.32 Å². The van der Waals surface area contributed by atoms with Gasteiger partial charge in [-0.2, -0.15) is 18.2 Å². The Bertz CT molecular complexity index is 574. The van der Waals surface area contributed by atoms with E-state index in [0.29, 0.717) is 12.2 Å². The van der Waals surface area contributed by atoms with Crippen LogP contribution in [0.4, 0.5) is 24.0 Å². The second-order valence-electron chi connectivity index (χ2n) is 4.80. The van der Waals surface area contributed by atoms with Crippen molar-refractivity contribution in [3.8, 4) is 0 Å². The van der Waals surface area contributed by atoms with Gasteiger partial charge in [-0.25, -0.2) is 4.79 Å². The molecule has 8 nitrogen and oxygen atoms in total. The molecule has 1 aromatic rings. The minimum atomic E-state index is -4.70. The normalized spacial score (nSPS) is 21.9. The van der Waals surface area contributed by atoms with Gasteiger partial charge in [0.25, 0.3) is 0 Å². The van der Waals surface area contributed by atoms with Crippen molar-refractivity contribution in [3.63, 3.8) is 0 Å². The number of aromatic nitrogens is 2. The number of anilines is 1. The van der Waals surface area contributed by atoms with E-state index in [4.69, 9.17) is 9.63 Å². The topological polar surface area (TPSA) is 109 Å². The molecule has 11 heteroatoms. The Hall–Kier alpha value is -2.33. The first kappa shape index (κ1) is 16.0. The summed E-state index contributed by atoms with van der Waals surface area (Å²) < 4.78 is 43.2. The largest absolute Gasteiger partial charge is 0.481 e. The average Bonchev–Trinajstić information content (AvgIpc) is 3.03. The van der Waals surface area contributed by atoms with Crippen LogP contribution in [0.1, 0.15) is 12.7 Å². The van der Waals surface area contributed by atoms with Gasteiger partial charge in [0.2, 0.25) is 0 Å². The second-order valence-corrected chi connectivity index (χ2v) is 4.80. The Labute approximate surface area is 122 Å². The Morgan fingerprint density at radius 2 is 2.14 bits per heavy atom. The predicted octanol–water partition coefficient (Wildman–Crippen LogP) is 1.36. The van der Waals surface area contributed by atoms with Crippen LogP contribution in [0.15, 0.2) is 4.52 Å². The molecule has 0 unspecified atom stereocenters. The Kier molecular flexibility index (Phi) is 4.24. The summed E-state index contributed by atoms with van der Waals surface area (Å²) in [6.45, 7) is 0.476. The van der Waals surface area contributed by atoms with Crippen LogP contribution in [0.5, 0.6) is 0 Å². The quantitative estimate of drug-likeness (QED) is 0.870. The number of hydrogen-bond acceptors (Lipinski definition) is 5. The van der Waals surface area contributed by atoms with E-state index in [-0.39, 0.29) is 6.01 Å². The first-order chi connectivity index (χ1) is 10.2. The third-order valence-corrected chi connectivity index (χ3v) is 3.34. The van der Waals surface area contributed by atoms with Gasteiger partial charge in [0.05, 0.1) is 11.8 Å². The fourth-order valence-electron chi connectivity index (χ4n) is 2.17. The average molecular weight is 322 g/mol. The number of rotatable bonds is 3. The zero-order valence-electron chi connectivity index (χ0n) is 11.4. The first-order valence-electron chi connectivity index (χ1n) is 6.40. The molecule has 1 fully saturated rings. The first-order valence-corrected chi connectivity index (χ1v) is 6.40. The number of nitrogens with zero attached hydrogens (tertiary/aromatic N) is 3. The number of carboxylic acids is 1. The summed E-state index contributed by atoms with van der Waals surface area (Å²) in [7, 11) is 0. The molecule has 1 aliphatic rings. The molecule has 1 aromatic heterocycles. The maximum absolute atomic E-state index is 12.8. The van der Waals surface area contributed by atoms with Crippen molar-refractivity contribution in [2.45, 2.75) is 19.5 Å². The number of likely N-dealkylation sites (tertiary alicyclic amines) is 1. The highest BCUT2D eigenvalue weighted by atomic mass is 19.4. The number of carboxylic acid groups (broad SMARTS) is 1. The number of aryl methyl sites for hydroxylation is 1. The maximum Gasteiger partial charge on any atom is 0.394 e. The van der Waals surface area contributed by atoms with Crippen molar-refractivity contribution in [2.24, 2.45) is 11.8 Å². The van der Waals surface area contributed by atoms with Gasteiger partial charge in [-0.05, 0) is 0 Å². The van der Waals surface area contributed by atoms with Gasteiger partial charge in [-0.3, -0.25) is 10.1 Å². The highest BCUT2D eigenvalue weighted by Crippen LogP contribution is 2.37. The molecule has 0 aliphatic carbocycles. The van der Waals surface area contributed by atoms with Crippen molar-refractivity contribution in [1.82, 2.24) is 15.0 Å². The summed E-state index contributed by atoms with van der Waals surface area (Å²) in [6.07, 6.45) is -4.24. The van der Waals surface area contributed by atoms with Crippen molar-refractivity contribution in [1.29, 1.82) is 0 Å². The number of halogens is 3. The molecule has 0 bridgehead atoms. The Morgan fingerprint density at radius 3 is 2.59 bits per heavy atom. The summed E-state index contributed by atoms with van der Waals surface area (Å²) >= 11 is 0. The molecule has 2 heterocycles. The minimum absolute atomic E-state index is 0.246. The van der Waals surface area contributed by atoms with Crippen LogP contribution in [-0.2, 0) is 11.2 Å².